The largest absolute Gasteiger partial charge is 0.490 e. The van der Waals surface area contributed by atoms with E-state index in [2.05, 4.69) is 15.0 Å². The van der Waals surface area contributed by atoms with Crippen molar-refractivity contribution in [3.05, 3.63) is 76.4 Å². The summed E-state index contributed by atoms with van der Waals surface area (Å²) >= 11 is 1.15. The molecule has 0 fully saturated rings. The highest BCUT2D eigenvalue weighted by Gasteiger charge is 2.29. The number of hydrogen-bond acceptors (Lipinski definition) is 6. The molecule has 0 amide bonds. The van der Waals surface area contributed by atoms with Gasteiger partial charge in [-0.1, -0.05) is 18.2 Å². The Labute approximate surface area is 199 Å². The van der Waals surface area contributed by atoms with E-state index >= 15 is 0 Å². The summed E-state index contributed by atoms with van der Waals surface area (Å²) < 4.78 is 75.5. The number of nitrogens with zero attached hydrogens (tertiary/aromatic N) is 1. The molecule has 1 heterocycles. The Morgan fingerprint density at radius 1 is 1.15 bits per heavy atom. The highest BCUT2D eigenvalue weighted by Crippen LogP contribution is 2.34. The smallest absolute Gasteiger partial charge is 0.266 e. The zero-order valence-corrected chi connectivity index (χ0v) is 19.7. The lowest BCUT2D eigenvalue weighted by molar-refractivity contribution is 0.231. The van der Waals surface area contributed by atoms with Gasteiger partial charge in [0.2, 0.25) is 0 Å². The molecule has 0 unspecified atom stereocenters. The molecule has 0 radical (unpaired) electrons. The first kappa shape index (κ1) is 24.2. The van der Waals surface area contributed by atoms with Crippen LogP contribution in [0, 0.1) is 23.4 Å². The fourth-order valence-electron chi connectivity index (χ4n) is 3.98. The van der Waals surface area contributed by atoms with E-state index in [1.165, 1.54) is 23.0 Å². The number of nitrogens with one attached hydrogen (secondary N) is 2. The molecule has 11 heteroatoms. The third-order valence-electron chi connectivity index (χ3n) is 5.64. The van der Waals surface area contributed by atoms with Crippen molar-refractivity contribution in [2.45, 2.75) is 23.8 Å². The van der Waals surface area contributed by atoms with Crippen LogP contribution in [0.25, 0.3) is 5.57 Å². The average Bonchev–Trinajstić information content (AvgIpc) is 3.32. The zero-order chi connectivity index (χ0) is 24.3. The molecule has 0 saturated carbocycles. The number of thiazole rings is 1. The van der Waals surface area contributed by atoms with Crippen LogP contribution in [0.2, 0.25) is 0 Å². The van der Waals surface area contributed by atoms with Gasteiger partial charge in [0.1, 0.15) is 16.5 Å². The Morgan fingerprint density at radius 2 is 1.91 bits per heavy atom. The number of sulfonamides is 1. The predicted octanol–water partition coefficient (Wildman–Crippen LogP) is 4.82. The van der Waals surface area contributed by atoms with Crippen LogP contribution in [0.15, 0.2) is 58.3 Å². The summed E-state index contributed by atoms with van der Waals surface area (Å²) in [5.41, 5.74) is 3.14. The van der Waals surface area contributed by atoms with Crippen LogP contribution in [-0.4, -0.2) is 33.1 Å². The second kappa shape index (κ2) is 10.2. The van der Waals surface area contributed by atoms with E-state index in [4.69, 9.17) is 4.74 Å². The molecule has 1 aliphatic carbocycles. The van der Waals surface area contributed by atoms with Gasteiger partial charge in [-0.2, -0.15) is 0 Å². The van der Waals surface area contributed by atoms with Gasteiger partial charge in [-0.15, -0.1) is 11.3 Å². The maximum Gasteiger partial charge on any atom is 0.266 e. The fourth-order valence-corrected chi connectivity index (χ4v) is 5.61. The van der Waals surface area contributed by atoms with Gasteiger partial charge in [0.05, 0.1) is 12.1 Å². The molecule has 0 saturated heterocycles. The van der Waals surface area contributed by atoms with E-state index < -0.39 is 32.3 Å². The maximum absolute atomic E-state index is 14.8. The van der Waals surface area contributed by atoms with Gasteiger partial charge in [0.15, 0.2) is 17.4 Å². The van der Waals surface area contributed by atoms with Crippen molar-refractivity contribution in [3.63, 3.8) is 0 Å². The molecular weight excluding hydrogens is 487 g/mol. The van der Waals surface area contributed by atoms with Crippen molar-refractivity contribution in [1.29, 1.82) is 0 Å². The summed E-state index contributed by atoms with van der Waals surface area (Å²) in [4.78, 5) is 2.94. The van der Waals surface area contributed by atoms with Crippen molar-refractivity contribution in [2.75, 3.05) is 18.4 Å². The zero-order valence-electron chi connectivity index (χ0n) is 18.1. The molecule has 1 aromatic heterocycles. The van der Waals surface area contributed by atoms with Crippen molar-refractivity contribution < 1.29 is 26.3 Å². The molecule has 3 aromatic rings. The minimum absolute atomic E-state index is 0.0000711. The second-order valence-electron chi connectivity index (χ2n) is 7.75. The Hall–Kier alpha value is -2.89. The Kier molecular flexibility index (Phi) is 7.24. The summed E-state index contributed by atoms with van der Waals surface area (Å²) in [6.45, 7) is 0.00818. The molecule has 34 heavy (non-hydrogen) atoms. The minimum atomic E-state index is -4.38. The third kappa shape index (κ3) is 5.26. The second-order valence-corrected chi connectivity index (χ2v) is 10.1. The predicted molar refractivity (Wildman–Crippen MR) is 125 cm³/mol. The number of hydrogen-bond donors (Lipinski definition) is 2. The van der Waals surface area contributed by atoms with Crippen molar-refractivity contribution >= 4 is 32.8 Å². The van der Waals surface area contributed by atoms with Crippen LogP contribution >= 0.6 is 11.3 Å². The normalized spacial score (nSPS) is 18.4. The van der Waals surface area contributed by atoms with Gasteiger partial charge < -0.3 is 10.1 Å². The van der Waals surface area contributed by atoms with Crippen LogP contribution in [0.1, 0.15) is 18.4 Å². The lowest BCUT2D eigenvalue weighted by Gasteiger charge is -2.33. The number of anilines is 1. The van der Waals surface area contributed by atoms with Crippen molar-refractivity contribution in [3.8, 4) is 5.75 Å². The fraction of sp³-hybridized carbons (Fsp3) is 0.261. The molecule has 0 spiro atoms. The summed E-state index contributed by atoms with van der Waals surface area (Å²) in [6.07, 6.45) is 3.65. The average molecular weight is 510 g/mol. The van der Waals surface area contributed by atoms with Crippen LogP contribution < -0.4 is 14.8 Å². The summed E-state index contributed by atoms with van der Waals surface area (Å²) in [5.74, 6) is -3.12. The van der Waals surface area contributed by atoms with Gasteiger partial charge in [-0.25, -0.2) is 26.6 Å². The lowest BCUT2D eigenvalue weighted by atomic mass is 9.80. The summed E-state index contributed by atoms with van der Waals surface area (Å²) in [7, 11) is -2.57. The number of aromatic nitrogens is 1. The van der Waals surface area contributed by atoms with Gasteiger partial charge in [0, 0.05) is 29.5 Å². The molecule has 0 bridgehead atoms. The number of allylic oxidation sites excluding steroid dienone is 1. The maximum atomic E-state index is 14.8. The third-order valence-corrected chi connectivity index (χ3v) is 7.60. The van der Waals surface area contributed by atoms with Gasteiger partial charge >= 0.3 is 0 Å². The van der Waals surface area contributed by atoms with Crippen LogP contribution in [-0.2, 0) is 10.0 Å². The molecule has 0 aliphatic heterocycles. The topological polar surface area (TPSA) is 80.3 Å². The van der Waals surface area contributed by atoms with Gasteiger partial charge in [-0.05, 0) is 43.2 Å². The standard InChI is InChI=1S/C23H22F3N3O3S2/c1-27-20-4-2-3-16(14-5-7-15(24)8-6-14)17(20)11-32-21-9-19(26)22(10-18(21)25)34(30,31)29-23-12-33-13-28-23/h3,5-10,12-13,17,20,27,29H,2,4,11H2,1H3/t17-,20-/m1/s1. The van der Waals surface area contributed by atoms with Crippen molar-refractivity contribution in [1.82, 2.24) is 10.3 Å². The Balaban J connectivity index is 1.56. The molecule has 4 rings (SSSR count). The van der Waals surface area contributed by atoms with E-state index in [0.717, 1.165) is 41.4 Å². The molecule has 2 aromatic carbocycles. The first-order chi connectivity index (χ1) is 16.3. The molecule has 6 nitrogen and oxygen atoms in total. The van der Waals surface area contributed by atoms with E-state index in [1.807, 2.05) is 6.08 Å². The molecule has 2 N–H and O–H groups in total. The Bertz CT molecular complexity index is 1280. The van der Waals surface area contributed by atoms with Crippen LogP contribution in [0.3, 0.4) is 0 Å². The summed E-state index contributed by atoms with van der Waals surface area (Å²) in [5, 5.41) is 4.65. The highest BCUT2D eigenvalue weighted by atomic mass is 32.2. The molecule has 1 aliphatic rings. The SMILES string of the molecule is CN[C@@H]1CCC=C(c2ccc(F)cc2)[C@H]1COc1cc(F)c(S(=O)(=O)Nc2cscn2)cc1F. The number of rotatable bonds is 8. The molecule has 180 valence electrons. The first-order valence-electron chi connectivity index (χ1n) is 10.4. The van der Waals surface area contributed by atoms with Crippen molar-refractivity contribution in [2.24, 2.45) is 5.92 Å². The number of ether oxygens (including phenoxy) is 1. The monoisotopic (exact) mass is 509 g/mol. The van der Waals surface area contributed by atoms with Gasteiger partial charge in [0.25, 0.3) is 10.0 Å². The number of benzene rings is 2. The van der Waals surface area contributed by atoms with Crippen LogP contribution in [0.4, 0.5) is 19.0 Å². The molecule has 2 atom stereocenters. The van der Waals surface area contributed by atoms with E-state index in [-0.39, 0.29) is 30.2 Å². The molecular formula is C23H22F3N3O3S2. The van der Waals surface area contributed by atoms with E-state index in [1.54, 1.807) is 19.2 Å². The Morgan fingerprint density at radius 3 is 2.59 bits per heavy atom. The highest BCUT2D eigenvalue weighted by molar-refractivity contribution is 7.92. The minimum Gasteiger partial charge on any atom is -0.490 e. The quantitative estimate of drug-likeness (QED) is 0.455. The first-order valence-corrected chi connectivity index (χ1v) is 12.9. The lowest BCUT2D eigenvalue weighted by Crippen LogP contribution is -2.39. The van der Waals surface area contributed by atoms with Crippen LogP contribution in [0.5, 0.6) is 5.75 Å². The van der Waals surface area contributed by atoms with E-state index in [9.17, 15) is 21.6 Å². The van der Waals surface area contributed by atoms with E-state index in [0.29, 0.717) is 6.07 Å². The van der Waals surface area contributed by atoms with Gasteiger partial charge in [-0.3, -0.25) is 4.72 Å². The summed E-state index contributed by atoms with van der Waals surface area (Å²) in [6, 6.07) is 7.38. The number of halogens is 3.